The van der Waals surface area contributed by atoms with E-state index in [4.69, 9.17) is 15.9 Å². The molecule has 0 radical (unpaired) electrons. The van der Waals surface area contributed by atoms with Gasteiger partial charge < -0.3 is 25.6 Å². The van der Waals surface area contributed by atoms with E-state index in [0.29, 0.717) is 56.2 Å². The van der Waals surface area contributed by atoms with Gasteiger partial charge in [0.2, 0.25) is 5.91 Å². The van der Waals surface area contributed by atoms with Crippen LogP contribution in [0.15, 0.2) is 24.3 Å². The van der Waals surface area contributed by atoms with Crippen LogP contribution in [0, 0.1) is 11.3 Å². The molecule has 1 heterocycles. The number of carbonyl (C=O) groups excluding carboxylic acids is 4. The van der Waals surface area contributed by atoms with Gasteiger partial charge in [-0.05, 0) is 95.5 Å². The number of amides is 2. The SMILES string of the molecule is CC[C@@H](c1cccc(OC(=O)N2CCCCC2CCC(=O)[C@@H](CCCCC(=N)N)NC(=O)CC(C)=O)c1)[C@@H](C)CN(C)C. The molecule has 10 heteroatoms. The van der Waals surface area contributed by atoms with E-state index in [9.17, 15) is 19.2 Å². The van der Waals surface area contributed by atoms with E-state index in [1.807, 2.05) is 18.2 Å². The molecule has 2 rings (SSSR count). The second-order valence-electron chi connectivity index (χ2n) is 12.3. The number of carbonyl (C=O) groups is 4. The maximum atomic E-state index is 13.4. The van der Waals surface area contributed by atoms with Gasteiger partial charge in [0.1, 0.15) is 11.5 Å². The van der Waals surface area contributed by atoms with E-state index >= 15 is 0 Å². The molecule has 10 nitrogen and oxygen atoms in total. The van der Waals surface area contributed by atoms with Crippen molar-refractivity contribution in [2.24, 2.45) is 11.7 Å². The van der Waals surface area contributed by atoms with Crippen LogP contribution in [0.1, 0.15) is 103 Å². The summed E-state index contributed by atoms with van der Waals surface area (Å²) in [5, 5.41) is 10.1. The molecule has 1 aliphatic heterocycles. The zero-order valence-electron chi connectivity index (χ0n) is 26.8. The van der Waals surface area contributed by atoms with Crippen molar-refractivity contribution in [2.45, 2.75) is 109 Å². The van der Waals surface area contributed by atoms with Crippen molar-refractivity contribution < 1.29 is 23.9 Å². The number of nitrogens with one attached hydrogen (secondary N) is 2. The Kier molecular flexibility index (Phi) is 15.4. The second-order valence-corrected chi connectivity index (χ2v) is 12.3. The summed E-state index contributed by atoms with van der Waals surface area (Å²) in [5.74, 6) is 0.547. The van der Waals surface area contributed by atoms with E-state index in [2.05, 4.69) is 44.2 Å². The predicted molar refractivity (Wildman–Crippen MR) is 169 cm³/mol. The van der Waals surface area contributed by atoms with Crippen LogP contribution in [0.25, 0.3) is 0 Å². The molecule has 2 amide bonds. The van der Waals surface area contributed by atoms with Gasteiger partial charge in [0.15, 0.2) is 5.78 Å². The minimum absolute atomic E-state index is 0.0866. The summed E-state index contributed by atoms with van der Waals surface area (Å²) in [4.78, 5) is 54.2. The number of hydrogen-bond donors (Lipinski definition) is 3. The van der Waals surface area contributed by atoms with Crippen LogP contribution in [0.3, 0.4) is 0 Å². The van der Waals surface area contributed by atoms with Gasteiger partial charge in [-0.2, -0.15) is 0 Å². The number of nitrogens with zero attached hydrogens (tertiary/aromatic N) is 2. The van der Waals surface area contributed by atoms with E-state index in [0.717, 1.165) is 37.8 Å². The van der Waals surface area contributed by atoms with Gasteiger partial charge in [-0.3, -0.25) is 19.8 Å². The number of amidine groups is 1. The lowest BCUT2D eigenvalue weighted by Crippen LogP contribution is -2.46. The molecule has 0 spiro atoms. The highest BCUT2D eigenvalue weighted by atomic mass is 16.6. The highest BCUT2D eigenvalue weighted by Gasteiger charge is 2.30. The van der Waals surface area contributed by atoms with Crippen LogP contribution in [0.2, 0.25) is 0 Å². The summed E-state index contributed by atoms with van der Waals surface area (Å²) in [7, 11) is 4.15. The molecule has 4 N–H and O–H groups in total. The topological polar surface area (TPSA) is 146 Å². The molecular weight excluding hydrogens is 546 g/mol. The van der Waals surface area contributed by atoms with Crippen LogP contribution < -0.4 is 15.8 Å². The molecule has 0 saturated carbocycles. The molecule has 1 aromatic carbocycles. The fourth-order valence-corrected chi connectivity index (χ4v) is 6.11. The third-order valence-electron chi connectivity index (χ3n) is 8.18. The monoisotopic (exact) mass is 599 g/mol. The normalized spacial score (nSPS) is 17.2. The smallest absolute Gasteiger partial charge is 0.410 e. The molecule has 240 valence electrons. The zero-order chi connectivity index (χ0) is 31.9. The highest BCUT2D eigenvalue weighted by molar-refractivity contribution is 5.99. The number of piperidine rings is 1. The Morgan fingerprint density at radius 2 is 1.91 bits per heavy atom. The third-order valence-corrected chi connectivity index (χ3v) is 8.18. The van der Waals surface area contributed by atoms with Gasteiger partial charge in [-0.25, -0.2) is 4.79 Å². The third kappa shape index (κ3) is 12.9. The summed E-state index contributed by atoms with van der Waals surface area (Å²) in [6.07, 6.45) is 5.70. The number of hydrogen-bond acceptors (Lipinski definition) is 7. The Hall–Kier alpha value is -3.27. The standard InChI is InChI=1S/C33H53N5O5/c1-6-28(23(2)22-37(4)5)25-12-11-14-27(21-25)43-33(42)38-19-10-9-13-26(38)17-18-30(40)29(15-7-8-16-31(34)35)36-32(41)20-24(3)39/h11-12,14,21,23,26,28-29H,6-10,13,15-20,22H2,1-5H3,(H3,34,35)(H,36,41)/t23-,26?,28+,29+/m0/s1. The van der Waals surface area contributed by atoms with Crippen LogP contribution in [0.5, 0.6) is 5.75 Å². The van der Waals surface area contributed by atoms with Crippen molar-refractivity contribution in [3.8, 4) is 5.75 Å². The van der Waals surface area contributed by atoms with Gasteiger partial charge in [0, 0.05) is 32.0 Å². The van der Waals surface area contributed by atoms with E-state index < -0.39 is 18.0 Å². The van der Waals surface area contributed by atoms with Gasteiger partial charge in [-0.1, -0.05) is 32.4 Å². The number of unbranched alkanes of at least 4 members (excludes halogenated alkanes) is 1. The van der Waals surface area contributed by atoms with Crippen LogP contribution in [-0.2, 0) is 14.4 Å². The Bertz CT molecular complexity index is 1090. The average Bonchev–Trinajstić information content (AvgIpc) is 2.93. The molecular formula is C33H53N5O5. The second kappa shape index (κ2) is 18.4. The number of rotatable bonds is 18. The van der Waals surface area contributed by atoms with Crippen molar-refractivity contribution in [3.05, 3.63) is 29.8 Å². The number of benzene rings is 1. The maximum absolute atomic E-state index is 13.4. The molecule has 1 aliphatic rings. The molecule has 1 unspecified atom stereocenters. The summed E-state index contributed by atoms with van der Waals surface area (Å²) >= 11 is 0. The van der Waals surface area contributed by atoms with Gasteiger partial charge in [-0.15, -0.1) is 0 Å². The van der Waals surface area contributed by atoms with Crippen molar-refractivity contribution in [3.63, 3.8) is 0 Å². The van der Waals surface area contributed by atoms with E-state index in [1.54, 1.807) is 4.90 Å². The average molecular weight is 600 g/mol. The summed E-state index contributed by atoms with van der Waals surface area (Å²) in [6, 6.07) is 6.97. The quantitative estimate of drug-likeness (QED) is 0.0927. The van der Waals surface area contributed by atoms with Crippen LogP contribution >= 0.6 is 0 Å². The first-order valence-electron chi connectivity index (χ1n) is 15.8. The zero-order valence-corrected chi connectivity index (χ0v) is 26.8. The van der Waals surface area contributed by atoms with Crippen LogP contribution in [0.4, 0.5) is 4.79 Å². The minimum Gasteiger partial charge on any atom is -0.410 e. The summed E-state index contributed by atoms with van der Waals surface area (Å²) in [5.41, 5.74) is 6.60. The fourth-order valence-electron chi connectivity index (χ4n) is 6.11. The highest BCUT2D eigenvalue weighted by Crippen LogP contribution is 2.31. The number of likely N-dealkylation sites (tertiary alicyclic amines) is 1. The van der Waals surface area contributed by atoms with E-state index in [1.165, 1.54) is 6.92 Å². The Morgan fingerprint density at radius 1 is 1.16 bits per heavy atom. The number of nitrogens with two attached hydrogens (primary N) is 1. The molecule has 0 aliphatic carbocycles. The Labute approximate surface area is 257 Å². The summed E-state index contributed by atoms with van der Waals surface area (Å²) < 4.78 is 5.88. The van der Waals surface area contributed by atoms with Gasteiger partial charge in [0.25, 0.3) is 0 Å². The van der Waals surface area contributed by atoms with Crippen molar-refractivity contribution in [2.75, 3.05) is 27.2 Å². The first kappa shape index (κ1) is 35.9. The Balaban J connectivity index is 2.05. The largest absolute Gasteiger partial charge is 0.415 e. The van der Waals surface area contributed by atoms with Crippen molar-refractivity contribution in [1.29, 1.82) is 5.41 Å². The first-order chi connectivity index (χ1) is 20.4. The number of ketones is 2. The molecule has 1 fully saturated rings. The lowest BCUT2D eigenvalue weighted by molar-refractivity contribution is -0.131. The maximum Gasteiger partial charge on any atom is 0.415 e. The molecule has 0 aromatic heterocycles. The number of ether oxygens (including phenoxy) is 1. The van der Waals surface area contributed by atoms with Crippen molar-refractivity contribution >= 4 is 29.4 Å². The van der Waals surface area contributed by atoms with E-state index in [-0.39, 0.29) is 36.3 Å². The van der Waals surface area contributed by atoms with Gasteiger partial charge >= 0.3 is 6.09 Å². The lowest BCUT2D eigenvalue weighted by Gasteiger charge is -2.35. The summed E-state index contributed by atoms with van der Waals surface area (Å²) in [6.45, 7) is 7.30. The molecule has 1 aromatic rings. The Morgan fingerprint density at radius 3 is 2.56 bits per heavy atom. The van der Waals surface area contributed by atoms with Crippen LogP contribution in [-0.4, -0.2) is 78.5 Å². The lowest BCUT2D eigenvalue weighted by atomic mass is 9.85. The molecule has 1 saturated heterocycles. The first-order valence-corrected chi connectivity index (χ1v) is 15.8. The number of Topliss-reactive ketones (excluding diaryl/α,β-unsaturated/α-hetero) is 2. The molecule has 43 heavy (non-hydrogen) atoms. The molecule has 4 atom stereocenters. The fraction of sp³-hybridized carbons (Fsp3) is 0.667. The predicted octanol–water partition coefficient (Wildman–Crippen LogP) is 5.04. The van der Waals surface area contributed by atoms with Gasteiger partial charge in [0.05, 0.1) is 18.3 Å². The molecule has 0 bridgehead atoms. The van der Waals surface area contributed by atoms with Crippen molar-refractivity contribution in [1.82, 2.24) is 15.1 Å². The minimum atomic E-state index is -0.716.